The predicted molar refractivity (Wildman–Crippen MR) is 265 cm³/mol. The highest BCUT2D eigenvalue weighted by Crippen LogP contribution is 2.42. The van der Waals surface area contributed by atoms with Gasteiger partial charge >= 0.3 is 0 Å². The number of aromatic nitrogens is 4. The summed E-state index contributed by atoms with van der Waals surface area (Å²) in [6.07, 6.45) is 0. The average molecular weight is 769 g/mol. The lowest BCUT2D eigenvalue weighted by Crippen LogP contribution is -2.48. The zero-order valence-corrected chi connectivity index (χ0v) is 32.9. The van der Waals surface area contributed by atoms with Crippen molar-refractivity contribution in [2.45, 2.75) is 0 Å². The van der Waals surface area contributed by atoms with E-state index in [2.05, 4.69) is 0 Å². The lowest BCUT2D eigenvalue weighted by Gasteiger charge is -2.16. The highest BCUT2D eigenvalue weighted by molar-refractivity contribution is 7.28. The summed E-state index contributed by atoms with van der Waals surface area (Å²) < 4.78 is 9.87. The third-order valence-corrected chi connectivity index (χ3v) is 12.8. The maximum Gasteiger partial charge on any atom is 0.164 e. The minimum absolute atomic E-state index is 0.122. The Labute approximate surface area is 367 Å². The Morgan fingerprint density at radius 3 is 1.59 bits per heavy atom. The molecule has 0 aliphatic carbocycles. The number of thiophene rings is 1. The molecule has 7 aromatic carbocycles. The molecule has 4 heterocycles. The van der Waals surface area contributed by atoms with E-state index in [9.17, 15) is 0 Å². The van der Waals surface area contributed by atoms with Crippen LogP contribution < -0.4 is 54.6 Å². The summed E-state index contributed by atoms with van der Waals surface area (Å²) in [5.74, 6) is 1.57. The van der Waals surface area contributed by atoms with Gasteiger partial charge in [0.25, 0.3) is 0 Å². The Bertz CT molecular complexity index is 3660. The molecule has 0 N–H and O–H groups in total. The number of hydrogen-bond donors (Lipinski definition) is 0. The van der Waals surface area contributed by atoms with E-state index in [-0.39, 0.29) is 54.6 Å². The summed E-state index contributed by atoms with van der Waals surface area (Å²) in [5.41, 5.74) is 7.35. The summed E-state index contributed by atoms with van der Waals surface area (Å²) in [5, 5.41) is 3.73. The van der Waals surface area contributed by atoms with Crippen LogP contribution in [0.2, 0.25) is 0 Å². The molecule has 0 aliphatic rings. The second-order valence-corrected chi connectivity index (χ2v) is 15.9. The quantitative estimate of drug-likeness (QED) is 0.240. The standard InChI is InChI=1S/C45H16B10N4OS/c46-29-26-25-30(47)33(50)35(52)37(54)39(25)59(40(26)42-28(31(29)48)27-32(49)34(51)36(53)38(55)41(27)61-42)19-14-15-20-23(16-19)60-22-13-7-12-21(24(20)22)45-57-43(17-8-3-1-4-9-17)56-44(58-45)18-10-5-2-6-11-18/h1-16H. The zero-order valence-electron chi connectivity index (χ0n) is 32.1. The first kappa shape index (κ1) is 38.0. The maximum atomic E-state index is 7.00. The first-order valence-electron chi connectivity index (χ1n) is 19.0. The molecule has 0 unspecified atom stereocenters. The summed E-state index contributed by atoms with van der Waals surface area (Å²) in [6.45, 7) is 0. The molecular weight excluding hydrogens is 753 g/mol. The van der Waals surface area contributed by atoms with Crippen molar-refractivity contribution in [3.05, 3.63) is 97.1 Å². The molecule has 0 saturated heterocycles. The van der Waals surface area contributed by atoms with Crippen molar-refractivity contribution in [1.29, 1.82) is 0 Å². The smallest absolute Gasteiger partial charge is 0.164 e. The van der Waals surface area contributed by atoms with Gasteiger partial charge in [-0.25, -0.2) is 15.0 Å². The average Bonchev–Trinajstić information content (AvgIpc) is 3.99. The molecule has 0 spiro atoms. The van der Waals surface area contributed by atoms with Crippen LogP contribution in [0.3, 0.4) is 0 Å². The summed E-state index contributed by atoms with van der Waals surface area (Å²) in [7, 11) is 66.6. The van der Waals surface area contributed by atoms with Gasteiger partial charge in [-0.1, -0.05) is 106 Å². The number of furan rings is 1. The first-order chi connectivity index (χ1) is 29.4. The molecule has 258 valence electrons. The minimum Gasteiger partial charge on any atom is -0.456 e. The SMILES string of the molecule is [B]c1c([B])c([B])c2c(sc3c2c([B])c([B])c2c4c([B])c([B])c([B])c([B])c4n(-c4ccc5c(c4)oc4cccc(-c6nc(-c7ccccc7)nc(-c7ccccc7)n6)c45)c32)c1[B]. The number of benzene rings is 7. The molecule has 4 aromatic heterocycles. The van der Waals surface area contributed by atoms with Crippen molar-refractivity contribution in [1.82, 2.24) is 19.5 Å². The number of fused-ring (bicyclic) bond motifs is 10. The van der Waals surface area contributed by atoms with Crippen molar-refractivity contribution >= 4 is 208 Å². The fourth-order valence-corrected chi connectivity index (χ4v) is 9.91. The van der Waals surface area contributed by atoms with Crippen molar-refractivity contribution in [2.24, 2.45) is 0 Å². The van der Waals surface area contributed by atoms with Crippen LogP contribution in [0, 0.1) is 0 Å². The van der Waals surface area contributed by atoms with Gasteiger partial charge in [0.1, 0.15) is 89.6 Å². The van der Waals surface area contributed by atoms with E-state index >= 15 is 0 Å². The Hall–Kier alpha value is -5.98. The van der Waals surface area contributed by atoms with E-state index in [0.717, 1.165) is 27.5 Å². The van der Waals surface area contributed by atoms with Gasteiger partial charge in [-0.05, 0) is 34.4 Å². The molecule has 16 heteroatoms. The van der Waals surface area contributed by atoms with Gasteiger partial charge in [-0.2, -0.15) is 0 Å². The molecule has 0 bridgehead atoms. The number of nitrogens with zero attached hydrogens (tertiary/aromatic N) is 4. The van der Waals surface area contributed by atoms with E-state index in [4.69, 9.17) is 97.8 Å². The van der Waals surface area contributed by atoms with Gasteiger partial charge in [0.2, 0.25) is 0 Å². The number of rotatable bonds is 4. The zero-order chi connectivity index (χ0) is 42.2. The monoisotopic (exact) mass is 770 g/mol. The third kappa shape index (κ3) is 5.37. The van der Waals surface area contributed by atoms with E-state index in [1.165, 1.54) is 11.3 Å². The molecule has 0 fully saturated rings. The van der Waals surface area contributed by atoms with Crippen LogP contribution >= 0.6 is 11.3 Å². The summed E-state index contributed by atoms with van der Waals surface area (Å²) in [4.78, 5) is 14.9. The molecule has 11 rings (SSSR count). The van der Waals surface area contributed by atoms with Crippen molar-refractivity contribution in [3.63, 3.8) is 0 Å². The second kappa shape index (κ2) is 13.8. The molecular formula is C45H16B10N4OS. The molecule has 0 amide bonds. The molecule has 0 aliphatic heterocycles. The Balaban J connectivity index is 1.22. The van der Waals surface area contributed by atoms with E-state index in [1.807, 2.05) is 102 Å². The highest BCUT2D eigenvalue weighted by atomic mass is 32.1. The lowest BCUT2D eigenvalue weighted by molar-refractivity contribution is 0.668. The molecule has 61 heavy (non-hydrogen) atoms. The van der Waals surface area contributed by atoms with Gasteiger partial charge in [0.05, 0.1) is 10.2 Å². The van der Waals surface area contributed by atoms with Crippen LogP contribution in [0.15, 0.2) is 101 Å². The van der Waals surface area contributed by atoms with Crippen LogP contribution in [-0.2, 0) is 0 Å². The minimum atomic E-state index is 0.122. The summed E-state index contributed by atoms with van der Waals surface area (Å²) >= 11 is 1.34. The van der Waals surface area contributed by atoms with Crippen molar-refractivity contribution < 1.29 is 4.42 Å². The molecule has 0 atom stereocenters. The topological polar surface area (TPSA) is 56.7 Å². The molecule has 20 radical (unpaired) electrons. The first-order valence-corrected chi connectivity index (χ1v) is 19.8. The number of hydrogen-bond acceptors (Lipinski definition) is 5. The lowest BCUT2D eigenvalue weighted by atomic mass is 9.64. The fourth-order valence-electron chi connectivity index (χ4n) is 8.56. The molecule has 11 aromatic rings. The predicted octanol–water partition coefficient (Wildman–Crippen LogP) is 0.175. The molecule has 5 nitrogen and oxygen atoms in total. The van der Waals surface area contributed by atoms with Crippen LogP contribution in [0.1, 0.15) is 0 Å². The van der Waals surface area contributed by atoms with Crippen LogP contribution in [0.25, 0.3) is 104 Å². The third-order valence-electron chi connectivity index (χ3n) is 11.6. The highest BCUT2D eigenvalue weighted by Gasteiger charge is 2.27. The maximum absolute atomic E-state index is 7.00. The Kier molecular flexibility index (Phi) is 8.57. The second-order valence-electron chi connectivity index (χ2n) is 14.9. The van der Waals surface area contributed by atoms with Gasteiger partial charge in [0, 0.05) is 54.8 Å². The van der Waals surface area contributed by atoms with Crippen LogP contribution in [0.5, 0.6) is 0 Å². The van der Waals surface area contributed by atoms with E-state index in [0.29, 0.717) is 76.3 Å². The van der Waals surface area contributed by atoms with Crippen molar-refractivity contribution in [3.8, 4) is 39.9 Å². The van der Waals surface area contributed by atoms with Gasteiger partial charge in [0.15, 0.2) is 17.5 Å². The largest absolute Gasteiger partial charge is 0.456 e. The molecule has 0 saturated carbocycles. The van der Waals surface area contributed by atoms with Crippen LogP contribution in [0.4, 0.5) is 0 Å². The van der Waals surface area contributed by atoms with E-state index < -0.39 is 0 Å². The van der Waals surface area contributed by atoms with Gasteiger partial charge < -0.3 is 8.98 Å². The van der Waals surface area contributed by atoms with Crippen LogP contribution in [-0.4, -0.2) is 98.0 Å². The Morgan fingerprint density at radius 2 is 0.934 bits per heavy atom. The fraction of sp³-hybridized carbons (Fsp3) is 0. The normalized spacial score (nSPS) is 11.9. The Morgan fingerprint density at radius 1 is 0.410 bits per heavy atom. The van der Waals surface area contributed by atoms with Gasteiger partial charge in [-0.15, -0.1) is 33.2 Å². The summed E-state index contributed by atoms with van der Waals surface area (Å²) in [6, 6.07) is 31.3. The van der Waals surface area contributed by atoms with Crippen molar-refractivity contribution in [2.75, 3.05) is 0 Å². The van der Waals surface area contributed by atoms with E-state index in [1.54, 1.807) is 0 Å². The van der Waals surface area contributed by atoms with Gasteiger partial charge in [-0.3, -0.25) is 0 Å².